The molecule has 1 aromatic rings. The van der Waals surface area contributed by atoms with Crippen LogP contribution in [0, 0.1) is 0 Å². The molecule has 1 heterocycles. The number of benzene rings is 1. The maximum Gasteiger partial charge on any atom is 0.407 e. The van der Waals surface area contributed by atoms with E-state index in [1.807, 2.05) is 12.1 Å². The summed E-state index contributed by atoms with van der Waals surface area (Å²) in [4.78, 5) is 27.0. The van der Waals surface area contributed by atoms with E-state index in [0.717, 1.165) is 30.6 Å². The van der Waals surface area contributed by atoms with Crippen LogP contribution < -0.4 is 4.90 Å². The molecule has 1 aliphatic rings. The average molecular weight is 346 g/mol. The molecule has 1 saturated heterocycles. The number of hydrogen-bond acceptors (Lipinski definition) is 4. The zero-order valence-electron chi connectivity index (χ0n) is 14.9. The number of piperidine rings is 1. The molecule has 0 bridgehead atoms. The lowest BCUT2D eigenvalue weighted by Gasteiger charge is -2.39. The molecule has 1 amide bonds. The van der Waals surface area contributed by atoms with Crippen LogP contribution in [0.1, 0.15) is 35.7 Å². The van der Waals surface area contributed by atoms with Gasteiger partial charge in [0.15, 0.2) is 0 Å². The highest BCUT2D eigenvalue weighted by molar-refractivity contribution is 5.93. The van der Waals surface area contributed by atoms with Gasteiger partial charge < -0.3 is 19.6 Å². The van der Waals surface area contributed by atoms with E-state index in [4.69, 9.17) is 9.84 Å². The van der Waals surface area contributed by atoms with Gasteiger partial charge in [-0.3, -0.25) is 0 Å². The van der Waals surface area contributed by atoms with E-state index < -0.39 is 6.09 Å². The number of carbonyl (C=O) groups is 2. The third-order valence-electron chi connectivity index (χ3n) is 4.73. The predicted octanol–water partition coefficient (Wildman–Crippen LogP) is 3.17. The smallest absolute Gasteiger partial charge is 0.407 e. The van der Waals surface area contributed by atoms with Crippen LogP contribution >= 0.6 is 0 Å². The van der Waals surface area contributed by atoms with Crippen molar-refractivity contribution in [2.75, 3.05) is 31.6 Å². The van der Waals surface area contributed by atoms with Crippen LogP contribution in [0.15, 0.2) is 30.9 Å². The van der Waals surface area contributed by atoms with Gasteiger partial charge in [0.1, 0.15) is 0 Å². The van der Waals surface area contributed by atoms with Crippen molar-refractivity contribution in [1.29, 1.82) is 0 Å². The minimum atomic E-state index is -0.860. The van der Waals surface area contributed by atoms with Gasteiger partial charge in [-0.05, 0) is 43.9 Å². The summed E-state index contributed by atoms with van der Waals surface area (Å²) < 4.78 is 4.91. The van der Waals surface area contributed by atoms with Crippen LogP contribution in [0.5, 0.6) is 0 Å². The summed E-state index contributed by atoms with van der Waals surface area (Å²) in [5, 5.41) is 9.13. The summed E-state index contributed by atoms with van der Waals surface area (Å²) >= 11 is 0. The highest BCUT2D eigenvalue weighted by Gasteiger charge is 2.28. The summed E-state index contributed by atoms with van der Waals surface area (Å²) in [5.74, 6) is -0.351. The fraction of sp³-hybridized carbons (Fsp3) is 0.474. The second-order valence-corrected chi connectivity index (χ2v) is 6.07. The number of anilines is 1. The van der Waals surface area contributed by atoms with Crippen LogP contribution in [0.3, 0.4) is 0 Å². The number of amides is 1. The molecule has 1 fully saturated rings. The summed E-state index contributed by atoms with van der Waals surface area (Å²) in [7, 11) is 1.38. The minimum Gasteiger partial charge on any atom is -0.465 e. The van der Waals surface area contributed by atoms with Crippen LogP contribution in [0.25, 0.3) is 0 Å². The van der Waals surface area contributed by atoms with Crippen molar-refractivity contribution in [2.45, 2.75) is 32.2 Å². The molecule has 0 unspecified atom stereocenters. The number of methoxy groups -OCH3 is 1. The molecule has 0 aromatic heterocycles. The number of rotatable bonds is 6. The van der Waals surface area contributed by atoms with E-state index in [9.17, 15) is 9.59 Å². The lowest BCUT2D eigenvalue weighted by atomic mass is 9.97. The number of hydrogen-bond donors (Lipinski definition) is 1. The topological polar surface area (TPSA) is 70.1 Å². The normalized spacial score (nSPS) is 14.9. The third kappa shape index (κ3) is 4.13. The number of carboxylic acid groups (broad SMARTS) is 1. The van der Waals surface area contributed by atoms with E-state index in [1.54, 1.807) is 12.1 Å². The first kappa shape index (κ1) is 18.8. The van der Waals surface area contributed by atoms with E-state index in [1.165, 1.54) is 12.0 Å². The van der Waals surface area contributed by atoms with Crippen molar-refractivity contribution in [3.8, 4) is 0 Å². The number of allylic oxidation sites excluding steroid dienone is 1. The second kappa shape index (κ2) is 8.55. The summed E-state index contributed by atoms with van der Waals surface area (Å²) in [6.45, 7) is 7.73. The maximum atomic E-state index is 12.1. The van der Waals surface area contributed by atoms with Crippen molar-refractivity contribution < 1.29 is 19.4 Å². The Labute approximate surface area is 148 Å². The highest BCUT2D eigenvalue weighted by atomic mass is 16.5. The lowest BCUT2D eigenvalue weighted by molar-refractivity contribution is 0.0599. The van der Waals surface area contributed by atoms with E-state index >= 15 is 0 Å². The Balaban J connectivity index is 2.32. The molecule has 25 heavy (non-hydrogen) atoms. The Morgan fingerprint density at radius 2 is 2.08 bits per heavy atom. The Morgan fingerprint density at radius 3 is 2.60 bits per heavy atom. The molecule has 1 aliphatic heterocycles. The van der Waals surface area contributed by atoms with Crippen LogP contribution in [-0.2, 0) is 11.2 Å². The molecule has 1 N–H and O–H groups in total. The summed E-state index contributed by atoms with van der Waals surface area (Å²) in [5.41, 5.74) is 2.47. The monoisotopic (exact) mass is 346 g/mol. The van der Waals surface area contributed by atoms with Gasteiger partial charge in [-0.1, -0.05) is 12.1 Å². The number of nitrogens with zero attached hydrogens (tertiary/aromatic N) is 2. The minimum absolute atomic E-state index is 0.247. The summed E-state index contributed by atoms with van der Waals surface area (Å²) in [6.07, 6.45) is 3.05. The number of carbonyl (C=O) groups excluding carboxylic acids is 1. The van der Waals surface area contributed by atoms with Gasteiger partial charge in [0, 0.05) is 31.4 Å². The molecule has 0 saturated carbocycles. The van der Waals surface area contributed by atoms with Crippen molar-refractivity contribution in [2.24, 2.45) is 0 Å². The van der Waals surface area contributed by atoms with Crippen molar-refractivity contribution in [3.05, 3.63) is 42.0 Å². The quantitative estimate of drug-likeness (QED) is 0.633. The Bertz CT molecular complexity index is 636. The standard InChI is InChI=1S/C19H26N2O4/c1-4-7-15-16(18(22)25-3)8-6-9-17(15)21(5-2)14-10-12-20(13-11-14)19(23)24/h4,6,8-9,14H,1,5,7,10-13H2,2-3H3,(H,23,24). The van der Waals surface area contributed by atoms with Gasteiger partial charge in [-0.15, -0.1) is 6.58 Å². The average Bonchev–Trinajstić information content (AvgIpc) is 2.63. The van der Waals surface area contributed by atoms with Gasteiger partial charge in [-0.25, -0.2) is 9.59 Å². The lowest BCUT2D eigenvalue weighted by Crippen LogP contribution is -2.46. The van der Waals surface area contributed by atoms with Crippen molar-refractivity contribution >= 4 is 17.7 Å². The van der Waals surface area contributed by atoms with Gasteiger partial charge in [0.05, 0.1) is 12.7 Å². The largest absolute Gasteiger partial charge is 0.465 e. The highest BCUT2D eigenvalue weighted by Crippen LogP contribution is 2.30. The van der Waals surface area contributed by atoms with Gasteiger partial charge in [0.2, 0.25) is 0 Å². The van der Waals surface area contributed by atoms with Crippen LogP contribution in [0.4, 0.5) is 10.5 Å². The van der Waals surface area contributed by atoms with Crippen molar-refractivity contribution in [3.63, 3.8) is 0 Å². The Hall–Kier alpha value is -2.50. The molecular weight excluding hydrogens is 320 g/mol. The zero-order valence-corrected chi connectivity index (χ0v) is 14.9. The molecule has 0 aliphatic carbocycles. The SMILES string of the molecule is C=CCc1c(C(=O)OC)cccc1N(CC)C1CCN(C(=O)O)CC1. The Kier molecular flexibility index (Phi) is 6.44. The first-order chi connectivity index (χ1) is 12.0. The maximum absolute atomic E-state index is 12.1. The van der Waals surface area contributed by atoms with E-state index in [0.29, 0.717) is 25.1 Å². The fourth-order valence-corrected chi connectivity index (χ4v) is 3.50. The number of ether oxygens (including phenoxy) is 1. The molecule has 1 aromatic carbocycles. The molecule has 136 valence electrons. The van der Waals surface area contributed by atoms with Gasteiger partial charge in [-0.2, -0.15) is 0 Å². The third-order valence-corrected chi connectivity index (χ3v) is 4.73. The van der Waals surface area contributed by atoms with E-state index in [-0.39, 0.29) is 12.0 Å². The Morgan fingerprint density at radius 1 is 1.40 bits per heavy atom. The van der Waals surface area contributed by atoms with Crippen LogP contribution in [0.2, 0.25) is 0 Å². The molecular formula is C19H26N2O4. The molecule has 6 nitrogen and oxygen atoms in total. The zero-order chi connectivity index (χ0) is 18.4. The van der Waals surface area contributed by atoms with Crippen molar-refractivity contribution in [1.82, 2.24) is 4.90 Å². The van der Waals surface area contributed by atoms with Crippen LogP contribution in [-0.4, -0.2) is 54.9 Å². The first-order valence-electron chi connectivity index (χ1n) is 8.59. The molecule has 0 atom stereocenters. The second-order valence-electron chi connectivity index (χ2n) is 6.07. The first-order valence-corrected chi connectivity index (χ1v) is 8.59. The molecule has 0 radical (unpaired) electrons. The number of esters is 1. The number of likely N-dealkylation sites (tertiary alicyclic amines) is 1. The molecule has 6 heteroatoms. The van der Waals surface area contributed by atoms with E-state index in [2.05, 4.69) is 18.4 Å². The predicted molar refractivity (Wildman–Crippen MR) is 97.3 cm³/mol. The fourth-order valence-electron chi connectivity index (χ4n) is 3.50. The van der Waals surface area contributed by atoms with Gasteiger partial charge in [0.25, 0.3) is 0 Å². The van der Waals surface area contributed by atoms with Gasteiger partial charge >= 0.3 is 12.1 Å². The summed E-state index contributed by atoms with van der Waals surface area (Å²) in [6, 6.07) is 5.90. The molecule has 2 rings (SSSR count). The molecule has 0 spiro atoms.